The van der Waals surface area contributed by atoms with E-state index in [1.807, 2.05) is 39.9 Å². The topological polar surface area (TPSA) is 60.5 Å². The molecule has 1 saturated heterocycles. The molecule has 0 radical (unpaired) electrons. The molecule has 1 amide bonds. The molecular formula is C30H32ClF2N3O2. The van der Waals surface area contributed by atoms with Crippen molar-refractivity contribution in [3.63, 3.8) is 0 Å². The van der Waals surface area contributed by atoms with E-state index in [0.717, 1.165) is 27.6 Å². The second-order valence-corrected chi connectivity index (χ2v) is 9.56. The van der Waals surface area contributed by atoms with Gasteiger partial charge < -0.3 is 19.9 Å². The van der Waals surface area contributed by atoms with E-state index in [9.17, 15) is 13.6 Å². The molecule has 1 aromatic heterocycles. The number of rotatable bonds is 7. The number of nitrogens with zero attached hydrogens (tertiary/aromatic N) is 2. The van der Waals surface area contributed by atoms with Gasteiger partial charge in [0.2, 0.25) is 0 Å². The normalized spacial score (nSPS) is 14.1. The molecule has 2 heterocycles. The lowest BCUT2D eigenvalue weighted by atomic mass is 9.88. The van der Waals surface area contributed by atoms with Crippen LogP contribution in [0, 0.1) is 11.6 Å². The first-order chi connectivity index (χ1) is 18.0. The third kappa shape index (κ3) is 5.46. The summed E-state index contributed by atoms with van der Waals surface area (Å²) >= 11 is 0. The Morgan fingerprint density at radius 3 is 2.47 bits per heavy atom. The summed E-state index contributed by atoms with van der Waals surface area (Å²) in [4.78, 5) is 15.7. The summed E-state index contributed by atoms with van der Waals surface area (Å²) < 4.78 is 35.5. The molecule has 0 spiro atoms. The standard InChI is InChI=1S/C30H31F2N3O2.ClH/c1-37-16-15-35-19-26(29-24(3-2-4-28(29)35)21-6-8-23(31)9-7-21)30(36)34-13-11-22(12-14-34)25-17-20(18-33)5-10-27(25)32;/h2-10,17,19,22H,11-16,18,33H2,1H3;1H. The summed E-state index contributed by atoms with van der Waals surface area (Å²) in [6, 6.07) is 17.3. The van der Waals surface area contributed by atoms with Crippen LogP contribution in [0.4, 0.5) is 8.78 Å². The van der Waals surface area contributed by atoms with Crippen LogP contribution in [0.25, 0.3) is 22.0 Å². The van der Waals surface area contributed by atoms with E-state index >= 15 is 0 Å². The molecule has 1 aliphatic rings. The van der Waals surface area contributed by atoms with Gasteiger partial charge in [-0.3, -0.25) is 4.79 Å². The van der Waals surface area contributed by atoms with E-state index in [2.05, 4.69) is 0 Å². The molecule has 2 N–H and O–H groups in total. The van der Waals surface area contributed by atoms with Crippen molar-refractivity contribution < 1.29 is 18.3 Å². The van der Waals surface area contributed by atoms with Gasteiger partial charge in [-0.2, -0.15) is 0 Å². The first-order valence-corrected chi connectivity index (χ1v) is 12.6. The fourth-order valence-corrected chi connectivity index (χ4v) is 5.36. The minimum absolute atomic E-state index is 0. The van der Waals surface area contributed by atoms with Crippen LogP contribution in [0.2, 0.25) is 0 Å². The van der Waals surface area contributed by atoms with E-state index in [-0.39, 0.29) is 35.9 Å². The first-order valence-electron chi connectivity index (χ1n) is 12.6. The molecule has 0 aliphatic carbocycles. The van der Waals surface area contributed by atoms with E-state index < -0.39 is 0 Å². The lowest BCUT2D eigenvalue weighted by Crippen LogP contribution is -2.38. The van der Waals surface area contributed by atoms with Crippen LogP contribution in [-0.4, -0.2) is 42.2 Å². The van der Waals surface area contributed by atoms with E-state index in [1.54, 1.807) is 25.3 Å². The molecule has 0 atom stereocenters. The van der Waals surface area contributed by atoms with Crippen molar-refractivity contribution in [1.82, 2.24) is 9.47 Å². The average molecular weight is 540 g/mol. The Bertz CT molecular complexity index is 1410. The van der Waals surface area contributed by atoms with Crippen molar-refractivity contribution >= 4 is 29.2 Å². The molecule has 0 unspecified atom stereocenters. The van der Waals surface area contributed by atoms with Crippen molar-refractivity contribution in [1.29, 1.82) is 0 Å². The number of fused-ring (bicyclic) bond motifs is 1. The number of likely N-dealkylation sites (tertiary alicyclic amines) is 1. The fourth-order valence-electron chi connectivity index (χ4n) is 5.36. The lowest BCUT2D eigenvalue weighted by Gasteiger charge is -2.32. The maximum absolute atomic E-state index is 14.6. The highest BCUT2D eigenvalue weighted by molar-refractivity contribution is 6.12. The number of hydrogen-bond donors (Lipinski definition) is 1. The lowest BCUT2D eigenvalue weighted by molar-refractivity contribution is 0.0714. The summed E-state index contributed by atoms with van der Waals surface area (Å²) in [6.45, 7) is 2.57. The molecule has 0 saturated carbocycles. The Morgan fingerprint density at radius 1 is 1.05 bits per heavy atom. The zero-order valence-electron chi connectivity index (χ0n) is 21.3. The third-order valence-corrected chi connectivity index (χ3v) is 7.35. The number of halogens is 3. The molecule has 200 valence electrons. The Kier molecular flexibility index (Phi) is 8.82. The molecule has 8 heteroatoms. The average Bonchev–Trinajstić information content (AvgIpc) is 3.31. The number of benzene rings is 3. The van der Waals surface area contributed by atoms with Crippen LogP contribution in [0.5, 0.6) is 0 Å². The molecular weight excluding hydrogens is 508 g/mol. The van der Waals surface area contributed by atoms with Gasteiger partial charge in [0.1, 0.15) is 11.6 Å². The summed E-state index contributed by atoms with van der Waals surface area (Å²) in [5, 5.41) is 0.846. The van der Waals surface area contributed by atoms with Gasteiger partial charge in [0.05, 0.1) is 12.2 Å². The number of piperidine rings is 1. The first kappa shape index (κ1) is 27.8. The molecule has 1 fully saturated rings. The van der Waals surface area contributed by atoms with Crippen molar-refractivity contribution in [2.75, 3.05) is 26.8 Å². The molecule has 5 nitrogen and oxygen atoms in total. The summed E-state index contributed by atoms with van der Waals surface area (Å²) in [5.41, 5.74) is 10.6. The highest BCUT2D eigenvalue weighted by Gasteiger charge is 2.29. The van der Waals surface area contributed by atoms with Gasteiger partial charge >= 0.3 is 0 Å². The molecule has 0 bridgehead atoms. The van der Waals surface area contributed by atoms with Gasteiger partial charge in [0.25, 0.3) is 5.91 Å². The van der Waals surface area contributed by atoms with Gasteiger partial charge in [-0.25, -0.2) is 8.78 Å². The van der Waals surface area contributed by atoms with Crippen LogP contribution in [0.15, 0.2) is 66.9 Å². The summed E-state index contributed by atoms with van der Waals surface area (Å²) in [5.74, 6) is -0.521. The largest absolute Gasteiger partial charge is 0.383 e. The van der Waals surface area contributed by atoms with Crippen molar-refractivity contribution in [3.8, 4) is 11.1 Å². The molecule has 5 rings (SSSR count). The number of amides is 1. The summed E-state index contributed by atoms with van der Waals surface area (Å²) in [6.07, 6.45) is 3.27. The zero-order valence-corrected chi connectivity index (χ0v) is 22.1. The van der Waals surface area contributed by atoms with Crippen molar-refractivity contribution in [2.45, 2.75) is 31.8 Å². The predicted octanol–water partition coefficient (Wildman–Crippen LogP) is 6.13. The number of carbonyl (C=O) groups is 1. The van der Waals surface area contributed by atoms with Crippen LogP contribution < -0.4 is 5.73 Å². The van der Waals surface area contributed by atoms with Gasteiger partial charge in [0, 0.05) is 50.4 Å². The maximum Gasteiger partial charge on any atom is 0.256 e. The third-order valence-electron chi connectivity index (χ3n) is 7.35. The van der Waals surface area contributed by atoms with Crippen LogP contribution in [0.1, 0.15) is 40.2 Å². The van der Waals surface area contributed by atoms with Crippen molar-refractivity contribution in [3.05, 3.63) is 95.2 Å². The molecule has 38 heavy (non-hydrogen) atoms. The van der Waals surface area contributed by atoms with E-state index in [1.165, 1.54) is 18.2 Å². The number of carbonyl (C=O) groups excluding carboxylic acids is 1. The van der Waals surface area contributed by atoms with Crippen molar-refractivity contribution in [2.24, 2.45) is 5.73 Å². The fraction of sp³-hybridized carbons (Fsp3) is 0.300. The van der Waals surface area contributed by atoms with E-state index in [0.29, 0.717) is 56.8 Å². The second kappa shape index (κ2) is 12.1. The quantitative estimate of drug-likeness (QED) is 0.307. The molecule has 3 aromatic carbocycles. The van der Waals surface area contributed by atoms with Crippen LogP contribution in [0.3, 0.4) is 0 Å². The number of aromatic nitrogens is 1. The predicted molar refractivity (Wildman–Crippen MR) is 149 cm³/mol. The highest BCUT2D eigenvalue weighted by Crippen LogP contribution is 2.35. The Hall–Kier alpha value is -3.26. The SMILES string of the molecule is COCCn1cc(C(=O)N2CCC(c3cc(CN)ccc3F)CC2)c2c(-c3ccc(F)cc3)cccc21.Cl. The van der Waals surface area contributed by atoms with Gasteiger partial charge in [-0.15, -0.1) is 12.4 Å². The van der Waals surface area contributed by atoms with Crippen LogP contribution >= 0.6 is 12.4 Å². The van der Waals surface area contributed by atoms with Gasteiger partial charge in [0.15, 0.2) is 0 Å². The Labute approximate surface area is 227 Å². The number of methoxy groups -OCH3 is 1. The maximum atomic E-state index is 14.6. The molecule has 1 aliphatic heterocycles. The minimum atomic E-state index is -0.304. The smallest absolute Gasteiger partial charge is 0.256 e. The Morgan fingerprint density at radius 2 is 1.79 bits per heavy atom. The Balaban J connectivity index is 0.00000336. The van der Waals surface area contributed by atoms with E-state index in [4.69, 9.17) is 10.5 Å². The number of nitrogens with two attached hydrogens (primary N) is 1. The summed E-state index contributed by atoms with van der Waals surface area (Å²) in [7, 11) is 1.65. The zero-order chi connectivity index (χ0) is 25.9. The van der Waals surface area contributed by atoms with Gasteiger partial charge in [-0.1, -0.05) is 36.4 Å². The monoisotopic (exact) mass is 539 g/mol. The van der Waals surface area contributed by atoms with Gasteiger partial charge in [-0.05, 0) is 65.3 Å². The number of hydrogen-bond acceptors (Lipinski definition) is 3. The minimum Gasteiger partial charge on any atom is -0.383 e. The highest BCUT2D eigenvalue weighted by atomic mass is 35.5. The van der Waals surface area contributed by atoms with Crippen LogP contribution in [-0.2, 0) is 17.8 Å². The molecule has 4 aromatic rings. The number of ether oxygens (including phenoxy) is 1. The second-order valence-electron chi connectivity index (χ2n) is 9.56.